The lowest BCUT2D eigenvalue weighted by molar-refractivity contribution is 0.199. The van der Waals surface area contributed by atoms with E-state index in [-0.39, 0.29) is 0 Å². The smallest absolute Gasteiger partial charge is 0.129 e. The number of pyridine rings is 1. The molecular formula is C13H22N2O. The van der Waals surface area contributed by atoms with E-state index in [4.69, 9.17) is 0 Å². The summed E-state index contributed by atoms with van der Waals surface area (Å²) in [5, 5.41) is 9.55. The second-order valence-corrected chi connectivity index (χ2v) is 4.41. The number of nitrogens with zero attached hydrogens (tertiary/aromatic N) is 2. The standard InChI is InChI=1S/C13H22N2O/c1-5-8-15(10(2)3)13-9-12(11(4)16)6-7-14-13/h6-7,9-11,16H,5,8H2,1-4H3. The molecule has 0 fully saturated rings. The summed E-state index contributed by atoms with van der Waals surface area (Å²) in [6.07, 6.45) is 2.43. The third-order valence-corrected chi connectivity index (χ3v) is 2.63. The first kappa shape index (κ1) is 13.0. The highest BCUT2D eigenvalue weighted by molar-refractivity contribution is 5.42. The summed E-state index contributed by atoms with van der Waals surface area (Å²) in [5.41, 5.74) is 0.923. The van der Waals surface area contributed by atoms with E-state index in [9.17, 15) is 5.11 Å². The van der Waals surface area contributed by atoms with Gasteiger partial charge in [-0.15, -0.1) is 0 Å². The minimum atomic E-state index is -0.433. The average Bonchev–Trinajstić information content (AvgIpc) is 2.25. The second-order valence-electron chi connectivity index (χ2n) is 4.41. The summed E-state index contributed by atoms with van der Waals surface area (Å²) in [6.45, 7) is 9.25. The Balaban J connectivity index is 2.95. The molecule has 1 aromatic heterocycles. The van der Waals surface area contributed by atoms with Crippen molar-refractivity contribution in [1.29, 1.82) is 0 Å². The molecule has 1 aromatic rings. The van der Waals surface area contributed by atoms with E-state index in [0.29, 0.717) is 6.04 Å². The second kappa shape index (κ2) is 5.85. The van der Waals surface area contributed by atoms with Gasteiger partial charge in [0.1, 0.15) is 5.82 Å². The predicted molar refractivity (Wildman–Crippen MR) is 67.6 cm³/mol. The Morgan fingerprint density at radius 1 is 1.38 bits per heavy atom. The largest absolute Gasteiger partial charge is 0.389 e. The van der Waals surface area contributed by atoms with Crippen molar-refractivity contribution in [2.45, 2.75) is 46.3 Å². The molecule has 0 bridgehead atoms. The van der Waals surface area contributed by atoms with Crippen molar-refractivity contribution in [3.05, 3.63) is 23.9 Å². The first-order chi connectivity index (χ1) is 7.56. The molecule has 16 heavy (non-hydrogen) atoms. The fourth-order valence-corrected chi connectivity index (χ4v) is 1.73. The van der Waals surface area contributed by atoms with Gasteiger partial charge in [0.15, 0.2) is 0 Å². The molecule has 0 aromatic carbocycles. The van der Waals surface area contributed by atoms with Gasteiger partial charge in [0.25, 0.3) is 0 Å². The van der Waals surface area contributed by atoms with Crippen molar-refractivity contribution in [2.24, 2.45) is 0 Å². The number of hydrogen-bond acceptors (Lipinski definition) is 3. The van der Waals surface area contributed by atoms with Crippen molar-refractivity contribution < 1.29 is 5.11 Å². The number of aromatic nitrogens is 1. The minimum Gasteiger partial charge on any atom is -0.389 e. The molecule has 1 atom stereocenters. The summed E-state index contributed by atoms with van der Waals surface area (Å²) >= 11 is 0. The fraction of sp³-hybridized carbons (Fsp3) is 0.615. The van der Waals surface area contributed by atoms with E-state index in [0.717, 1.165) is 24.3 Å². The van der Waals surface area contributed by atoms with Gasteiger partial charge in [-0.05, 0) is 44.9 Å². The third-order valence-electron chi connectivity index (χ3n) is 2.63. The average molecular weight is 222 g/mol. The summed E-state index contributed by atoms with van der Waals surface area (Å²) in [6, 6.07) is 4.26. The van der Waals surface area contributed by atoms with Crippen LogP contribution in [0.1, 0.15) is 45.8 Å². The van der Waals surface area contributed by atoms with Gasteiger partial charge >= 0.3 is 0 Å². The molecule has 0 saturated heterocycles. The number of anilines is 1. The van der Waals surface area contributed by atoms with Crippen LogP contribution in [0.5, 0.6) is 0 Å². The maximum absolute atomic E-state index is 9.55. The molecule has 1 unspecified atom stereocenters. The zero-order valence-corrected chi connectivity index (χ0v) is 10.6. The molecule has 0 aliphatic heterocycles. The molecule has 3 nitrogen and oxygen atoms in total. The van der Waals surface area contributed by atoms with E-state index in [2.05, 4.69) is 30.7 Å². The Bertz CT molecular complexity index is 323. The van der Waals surface area contributed by atoms with Crippen molar-refractivity contribution in [2.75, 3.05) is 11.4 Å². The van der Waals surface area contributed by atoms with Crippen molar-refractivity contribution in [3.63, 3.8) is 0 Å². The zero-order valence-electron chi connectivity index (χ0n) is 10.6. The Hall–Kier alpha value is -1.09. The summed E-state index contributed by atoms with van der Waals surface area (Å²) in [7, 11) is 0. The number of rotatable bonds is 5. The number of aliphatic hydroxyl groups is 1. The lowest BCUT2D eigenvalue weighted by atomic mass is 10.1. The van der Waals surface area contributed by atoms with Gasteiger partial charge in [0, 0.05) is 18.8 Å². The molecule has 0 spiro atoms. The minimum absolute atomic E-state index is 0.427. The maximum atomic E-state index is 9.55. The molecule has 0 aliphatic carbocycles. The number of aliphatic hydroxyl groups excluding tert-OH is 1. The van der Waals surface area contributed by atoms with Crippen LogP contribution in [-0.4, -0.2) is 22.7 Å². The summed E-state index contributed by atoms with van der Waals surface area (Å²) < 4.78 is 0. The van der Waals surface area contributed by atoms with Crippen LogP contribution in [0.15, 0.2) is 18.3 Å². The first-order valence-corrected chi connectivity index (χ1v) is 5.97. The topological polar surface area (TPSA) is 36.4 Å². The SMILES string of the molecule is CCCN(c1cc(C(C)O)ccn1)C(C)C. The Kier molecular flexibility index (Phi) is 4.74. The van der Waals surface area contributed by atoms with Gasteiger partial charge in [-0.25, -0.2) is 4.98 Å². The normalized spacial score (nSPS) is 12.9. The van der Waals surface area contributed by atoms with Crippen LogP contribution in [0.4, 0.5) is 5.82 Å². The monoisotopic (exact) mass is 222 g/mol. The molecule has 1 heterocycles. The van der Waals surface area contributed by atoms with Crippen LogP contribution >= 0.6 is 0 Å². The molecule has 3 heteroatoms. The van der Waals surface area contributed by atoms with Gasteiger partial charge in [0.2, 0.25) is 0 Å². The van der Waals surface area contributed by atoms with Crippen LogP contribution in [-0.2, 0) is 0 Å². The highest BCUT2D eigenvalue weighted by atomic mass is 16.3. The van der Waals surface area contributed by atoms with Crippen molar-refractivity contribution in [3.8, 4) is 0 Å². The molecule has 1 N–H and O–H groups in total. The van der Waals surface area contributed by atoms with E-state index in [1.165, 1.54) is 0 Å². The molecule has 1 rings (SSSR count). The first-order valence-electron chi connectivity index (χ1n) is 5.97. The van der Waals surface area contributed by atoms with Crippen LogP contribution < -0.4 is 4.90 Å². The predicted octanol–water partition coefficient (Wildman–Crippen LogP) is 2.76. The van der Waals surface area contributed by atoms with E-state index in [1.54, 1.807) is 13.1 Å². The van der Waals surface area contributed by atoms with Gasteiger partial charge in [-0.3, -0.25) is 0 Å². The summed E-state index contributed by atoms with van der Waals surface area (Å²) in [5.74, 6) is 0.954. The van der Waals surface area contributed by atoms with Gasteiger partial charge < -0.3 is 10.0 Å². The van der Waals surface area contributed by atoms with Gasteiger partial charge in [-0.2, -0.15) is 0 Å². The van der Waals surface area contributed by atoms with E-state index < -0.39 is 6.10 Å². The Morgan fingerprint density at radius 2 is 2.06 bits per heavy atom. The van der Waals surface area contributed by atoms with Crippen LogP contribution in [0, 0.1) is 0 Å². The van der Waals surface area contributed by atoms with Gasteiger partial charge in [-0.1, -0.05) is 6.92 Å². The maximum Gasteiger partial charge on any atom is 0.129 e. The van der Waals surface area contributed by atoms with Crippen molar-refractivity contribution >= 4 is 5.82 Å². The van der Waals surface area contributed by atoms with Crippen LogP contribution in [0.3, 0.4) is 0 Å². The molecular weight excluding hydrogens is 200 g/mol. The highest BCUT2D eigenvalue weighted by Gasteiger charge is 2.12. The zero-order chi connectivity index (χ0) is 12.1. The quantitative estimate of drug-likeness (QED) is 0.832. The molecule has 0 amide bonds. The summed E-state index contributed by atoms with van der Waals surface area (Å²) in [4.78, 5) is 6.63. The molecule has 90 valence electrons. The van der Waals surface area contributed by atoms with Gasteiger partial charge in [0.05, 0.1) is 6.10 Å². The number of hydrogen-bond donors (Lipinski definition) is 1. The lowest BCUT2D eigenvalue weighted by Crippen LogP contribution is -2.32. The fourth-order valence-electron chi connectivity index (χ4n) is 1.73. The molecule has 0 saturated carbocycles. The molecule has 0 aliphatic rings. The lowest BCUT2D eigenvalue weighted by Gasteiger charge is -2.27. The van der Waals surface area contributed by atoms with E-state index >= 15 is 0 Å². The van der Waals surface area contributed by atoms with Crippen LogP contribution in [0.2, 0.25) is 0 Å². The van der Waals surface area contributed by atoms with Crippen molar-refractivity contribution in [1.82, 2.24) is 4.98 Å². The molecule has 0 radical (unpaired) electrons. The highest BCUT2D eigenvalue weighted by Crippen LogP contribution is 2.19. The Labute approximate surface area is 98.1 Å². The van der Waals surface area contributed by atoms with E-state index in [1.807, 2.05) is 12.1 Å². The Morgan fingerprint density at radius 3 is 2.56 bits per heavy atom. The van der Waals surface area contributed by atoms with Crippen LogP contribution in [0.25, 0.3) is 0 Å². The third kappa shape index (κ3) is 3.20.